The first-order valence-corrected chi connectivity index (χ1v) is 11.8. The largest absolute Gasteiger partial charge is 1.00 e. The SMILES string of the molecule is O=[N+]([O-])c1ccc(-[n+]2nc(-c3ccccc3)n[nH]2)cc1.O=[N+]([O-])c1ccc(-[n+]2nc(-c3ccccc3)n[nH]2)cc1.[Cl-].[Cl-]. The Morgan fingerprint density at radius 1 is 0.524 bits per heavy atom. The molecule has 6 aromatic rings. The molecule has 0 atom stereocenters. The second-order valence-electron chi connectivity index (χ2n) is 8.17. The predicted octanol–water partition coefficient (Wildman–Crippen LogP) is -2.68. The average molecular weight is 607 g/mol. The molecule has 2 aromatic heterocycles. The molecule has 6 rings (SSSR count). The van der Waals surface area contributed by atoms with Gasteiger partial charge in [-0.05, 0) is 78.7 Å². The van der Waals surface area contributed by atoms with Crippen LogP contribution in [0.3, 0.4) is 0 Å². The Morgan fingerprint density at radius 3 is 1.17 bits per heavy atom. The third-order valence-corrected chi connectivity index (χ3v) is 5.56. The molecule has 0 bridgehead atoms. The van der Waals surface area contributed by atoms with Crippen LogP contribution < -0.4 is 34.4 Å². The molecule has 0 unspecified atom stereocenters. The lowest BCUT2D eigenvalue weighted by molar-refractivity contribution is -0.716. The third kappa shape index (κ3) is 7.32. The maximum atomic E-state index is 10.6. The highest BCUT2D eigenvalue weighted by molar-refractivity contribution is 5.53. The Kier molecular flexibility index (Phi) is 10.4. The smallest absolute Gasteiger partial charge is 0.339 e. The van der Waals surface area contributed by atoms with Crippen LogP contribution in [0, 0.1) is 20.2 Å². The number of nitrogens with zero attached hydrogens (tertiary/aromatic N) is 8. The van der Waals surface area contributed by atoms with E-state index < -0.39 is 9.85 Å². The lowest BCUT2D eigenvalue weighted by Gasteiger charge is -1.92. The summed E-state index contributed by atoms with van der Waals surface area (Å²) >= 11 is 0. The van der Waals surface area contributed by atoms with E-state index in [2.05, 4.69) is 30.8 Å². The number of hydrogen-bond acceptors (Lipinski definition) is 8. The van der Waals surface area contributed by atoms with E-state index in [-0.39, 0.29) is 36.2 Å². The number of benzene rings is 4. The Labute approximate surface area is 249 Å². The van der Waals surface area contributed by atoms with Crippen LogP contribution >= 0.6 is 0 Å². The monoisotopic (exact) mass is 606 g/mol. The van der Waals surface area contributed by atoms with Crippen molar-refractivity contribution in [1.82, 2.24) is 30.8 Å². The number of aromatic amines is 2. The first-order valence-electron chi connectivity index (χ1n) is 11.8. The van der Waals surface area contributed by atoms with E-state index >= 15 is 0 Å². The number of halogens is 2. The Balaban J connectivity index is 0.000000220. The van der Waals surface area contributed by atoms with Gasteiger partial charge in [0.05, 0.1) is 31.2 Å². The molecule has 0 radical (unpaired) electrons. The number of tetrazole rings is 2. The van der Waals surface area contributed by atoms with Gasteiger partial charge < -0.3 is 24.8 Å². The van der Waals surface area contributed by atoms with Gasteiger partial charge >= 0.3 is 11.6 Å². The maximum absolute atomic E-state index is 10.6. The van der Waals surface area contributed by atoms with E-state index in [4.69, 9.17) is 0 Å². The zero-order valence-electron chi connectivity index (χ0n) is 21.4. The summed E-state index contributed by atoms with van der Waals surface area (Å²) in [5, 5.41) is 43.5. The minimum absolute atomic E-state index is 0. The summed E-state index contributed by atoms with van der Waals surface area (Å²) in [6, 6.07) is 31.2. The van der Waals surface area contributed by atoms with Gasteiger partial charge in [0.1, 0.15) is 0 Å². The summed E-state index contributed by atoms with van der Waals surface area (Å²) in [6.07, 6.45) is 0. The van der Waals surface area contributed by atoms with E-state index in [0.717, 1.165) is 11.1 Å². The number of nitro benzene ring substituents is 2. The van der Waals surface area contributed by atoms with Gasteiger partial charge in [-0.3, -0.25) is 20.2 Å². The van der Waals surface area contributed by atoms with Crippen molar-refractivity contribution in [3.05, 3.63) is 129 Å². The van der Waals surface area contributed by atoms with Crippen molar-refractivity contribution in [1.29, 1.82) is 0 Å². The van der Waals surface area contributed by atoms with E-state index in [1.54, 1.807) is 24.3 Å². The van der Waals surface area contributed by atoms with Crippen LogP contribution in [-0.2, 0) is 0 Å². The number of hydrogen-bond donors (Lipinski definition) is 2. The van der Waals surface area contributed by atoms with Gasteiger partial charge in [-0.25, -0.2) is 0 Å². The van der Waals surface area contributed by atoms with Crippen LogP contribution in [0.25, 0.3) is 34.2 Å². The minimum Gasteiger partial charge on any atom is -1.00 e. The Morgan fingerprint density at radius 2 is 0.857 bits per heavy atom. The molecule has 0 aliphatic heterocycles. The molecule has 2 heterocycles. The van der Waals surface area contributed by atoms with Gasteiger partial charge in [0.2, 0.25) is 0 Å². The molecule has 0 saturated carbocycles. The van der Waals surface area contributed by atoms with Gasteiger partial charge in [-0.1, -0.05) is 36.4 Å². The zero-order chi connectivity index (χ0) is 27.9. The van der Waals surface area contributed by atoms with Crippen LogP contribution in [0.15, 0.2) is 109 Å². The van der Waals surface area contributed by atoms with E-state index in [0.29, 0.717) is 23.0 Å². The molecule has 2 N–H and O–H groups in total. The second kappa shape index (κ2) is 14.2. The molecule has 0 aliphatic carbocycles. The summed E-state index contributed by atoms with van der Waals surface area (Å²) in [7, 11) is 0. The molecule has 4 aromatic carbocycles. The second-order valence-corrected chi connectivity index (χ2v) is 8.17. The maximum Gasteiger partial charge on any atom is 0.339 e. The molecular formula is C26H20Cl2N10O4. The lowest BCUT2D eigenvalue weighted by atomic mass is 10.2. The van der Waals surface area contributed by atoms with Crippen LogP contribution in [0.2, 0.25) is 0 Å². The number of nitro groups is 2. The topological polar surface area (TPSA) is 177 Å². The highest BCUT2D eigenvalue weighted by atomic mass is 35.5. The Hall–Kier alpha value is -5.60. The van der Waals surface area contributed by atoms with Crippen molar-refractivity contribution in [2.45, 2.75) is 0 Å². The molecule has 0 saturated heterocycles. The van der Waals surface area contributed by atoms with Crippen molar-refractivity contribution in [2.24, 2.45) is 0 Å². The van der Waals surface area contributed by atoms with Gasteiger partial charge in [-0.2, -0.15) is 0 Å². The molecule has 14 nitrogen and oxygen atoms in total. The normalized spacial score (nSPS) is 9.90. The van der Waals surface area contributed by atoms with Crippen molar-refractivity contribution in [2.75, 3.05) is 0 Å². The fraction of sp³-hybridized carbons (Fsp3) is 0. The number of H-pyrrole nitrogens is 2. The Bertz CT molecular complexity index is 1620. The molecule has 0 amide bonds. The molecule has 0 fully saturated rings. The molecule has 0 aliphatic rings. The average Bonchev–Trinajstić information content (AvgIpc) is 3.70. The fourth-order valence-corrected chi connectivity index (χ4v) is 3.55. The number of aromatic nitrogens is 8. The van der Waals surface area contributed by atoms with E-state index in [9.17, 15) is 20.2 Å². The standard InChI is InChI=1S/2C13H9N5O2.2ClH/c2*19-18(20)12-8-6-11(7-9-12)17-15-13(14-16-17)10-4-2-1-3-5-10;;/h2*1-9H;2*1H. The van der Waals surface area contributed by atoms with Crippen molar-refractivity contribution in [3.63, 3.8) is 0 Å². The quantitative estimate of drug-likeness (QED) is 0.117. The summed E-state index contributed by atoms with van der Waals surface area (Å²) in [4.78, 5) is 23.2. The molecule has 16 heteroatoms. The highest BCUT2D eigenvalue weighted by Crippen LogP contribution is 2.15. The summed E-state index contributed by atoms with van der Waals surface area (Å²) in [6.45, 7) is 0. The van der Waals surface area contributed by atoms with E-state index in [1.165, 1.54) is 33.9 Å². The number of nitrogens with one attached hydrogen (secondary N) is 2. The van der Waals surface area contributed by atoms with Crippen molar-refractivity contribution < 1.29 is 44.3 Å². The van der Waals surface area contributed by atoms with Gasteiger partial charge in [0.25, 0.3) is 11.4 Å². The summed E-state index contributed by atoms with van der Waals surface area (Å²) in [5.41, 5.74) is 3.21. The van der Waals surface area contributed by atoms with Crippen LogP contribution in [-0.4, -0.2) is 40.7 Å². The van der Waals surface area contributed by atoms with Gasteiger partial charge in [0.15, 0.2) is 11.4 Å². The van der Waals surface area contributed by atoms with Crippen molar-refractivity contribution >= 4 is 11.4 Å². The van der Waals surface area contributed by atoms with Crippen molar-refractivity contribution in [3.8, 4) is 34.2 Å². The van der Waals surface area contributed by atoms with Crippen LogP contribution in [0.1, 0.15) is 0 Å². The predicted molar refractivity (Wildman–Crippen MR) is 140 cm³/mol. The summed E-state index contributed by atoms with van der Waals surface area (Å²) in [5.74, 6) is 1.12. The first kappa shape index (κ1) is 30.9. The minimum atomic E-state index is -0.440. The molecular weight excluding hydrogens is 587 g/mol. The van der Waals surface area contributed by atoms with Crippen LogP contribution in [0.4, 0.5) is 11.4 Å². The number of non-ortho nitro benzene ring substituents is 2. The molecule has 0 spiro atoms. The molecule has 42 heavy (non-hydrogen) atoms. The molecule has 212 valence electrons. The van der Waals surface area contributed by atoms with Gasteiger partial charge in [-0.15, -0.1) is 0 Å². The third-order valence-electron chi connectivity index (χ3n) is 5.56. The fourth-order valence-electron chi connectivity index (χ4n) is 3.55. The zero-order valence-corrected chi connectivity index (χ0v) is 22.9. The van der Waals surface area contributed by atoms with Crippen LogP contribution in [0.5, 0.6) is 0 Å². The summed E-state index contributed by atoms with van der Waals surface area (Å²) < 4.78 is 0. The van der Waals surface area contributed by atoms with E-state index in [1.807, 2.05) is 60.7 Å². The number of rotatable bonds is 6. The first-order chi connectivity index (χ1) is 19.5. The highest BCUT2D eigenvalue weighted by Gasteiger charge is 2.17. The van der Waals surface area contributed by atoms with Gasteiger partial charge in [0, 0.05) is 24.3 Å². The lowest BCUT2D eigenvalue weighted by Crippen LogP contribution is -3.00.